The summed E-state index contributed by atoms with van der Waals surface area (Å²) in [5.41, 5.74) is 1.98. The lowest BCUT2D eigenvalue weighted by molar-refractivity contribution is -0.145. The molecule has 5 nitrogen and oxygen atoms in total. The van der Waals surface area contributed by atoms with Crippen LogP contribution in [-0.4, -0.2) is 36.4 Å². The summed E-state index contributed by atoms with van der Waals surface area (Å²) in [4.78, 5) is 27.2. The standard InChI is InChI=1S/C37H39F3N2O3/c1-26(32-18-10-14-28-13-5-6-17-33(28)32)41-22-30-23-42(24-34(30)29-15-9-16-31(21-29)37(38,39)40)35(43)19-7-8-20-36(44)45-25-27-11-3-2-4-12-27/h2-6,9-18,21,26,30,34,41H,7-8,19-20,22-25H2,1H3/t26-,30-,34-/m1/s1. The number of ether oxygens (including phenoxy) is 1. The molecule has 1 fully saturated rings. The molecule has 1 N–H and O–H groups in total. The van der Waals surface area contributed by atoms with Gasteiger partial charge in [0.05, 0.1) is 5.56 Å². The number of fused-ring (bicyclic) bond motifs is 1. The molecular formula is C37H39F3N2O3. The third-order valence-electron chi connectivity index (χ3n) is 8.68. The van der Waals surface area contributed by atoms with Crippen molar-refractivity contribution >= 4 is 22.6 Å². The van der Waals surface area contributed by atoms with Gasteiger partial charge in [-0.3, -0.25) is 9.59 Å². The van der Waals surface area contributed by atoms with Gasteiger partial charge in [-0.1, -0.05) is 91.0 Å². The minimum atomic E-state index is -4.44. The Morgan fingerprint density at radius 2 is 1.60 bits per heavy atom. The first kappa shape index (κ1) is 32.2. The van der Waals surface area contributed by atoms with Gasteiger partial charge in [-0.05, 0) is 59.2 Å². The second-order valence-electron chi connectivity index (χ2n) is 11.8. The highest BCUT2D eigenvalue weighted by atomic mass is 19.4. The molecular weight excluding hydrogens is 577 g/mol. The number of hydrogen-bond acceptors (Lipinski definition) is 4. The van der Waals surface area contributed by atoms with Crippen LogP contribution in [0.3, 0.4) is 0 Å². The molecule has 1 aliphatic heterocycles. The van der Waals surface area contributed by atoms with Crippen LogP contribution in [0.5, 0.6) is 0 Å². The van der Waals surface area contributed by atoms with E-state index in [0.29, 0.717) is 38.0 Å². The maximum absolute atomic E-state index is 13.6. The summed E-state index contributed by atoms with van der Waals surface area (Å²) in [6.07, 6.45) is -2.88. The molecule has 0 bridgehead atoms. The zero-order valence-electron chi connectivity index (χ0n) is 25.4. The van der Waals surface area contributed by atoms with Crippen LogP contribution in [0.15, 0.2) is 97.1 Å². The summed E-state index contributed by atoms with van der Waals surface area (Å²) in [6.45, 7) is 3.66. The van der Waals surface area contributed by atoms with Crippen LogP contribution in [0.2, 0.25) is 0 Å². The van der Waals surface area contributed by atoms with Gasteiger partial charge in [0, 0.05) is 44.4 Å². The molecule has 236 valence electrons. The van der Waals surface area contributed by atoms with E-state index < -0.39 is 11.7 Å². The van der Waals surface area contributed by atoms with Gasteiger partial charge in [0.15, 0.2) is 0 Å². The third-order valence-corrected chi connectivity index (χ3v) is 8.68. The number of likely N-dealkylation sites (tertiary alicyclic amines) is 1. The molecule has 4 aromatic carbocycles. The van der Waals surface area contributed by atoms with Gasteiger partial charge in [-0.25, -0.2) is 0 Å². The van der Waals surface area contributed by atoms with Crippen molar-refractivity contribution in [2.24, 2.45) is 5.92 Å². The molecule has 0 radical (unpaired) electrons. The lowest BCUT2D eigenvalue weighted by Gasteiger charge is -2.23. The number of carbonyl (C=O) groups excluding carboxylic acids is 2. The maximum Gasteiger partial charge on any atom is 0.416 e. The summed E-state index contributed by atoms with van der Waals surface area (Å²) >= 11 is 0. The van der Waals surface area contributed by atoms with Crippen LogP contribution < -0.4 is 5.32 Å². The highest BCUT2D eigenvalue weighted by Crippen LogP contribution is 2.37. The molecule has 1 heterocycles. The number of hydrogen-bond donors (Lipinski definition) is 1. The summed E-state index contributed by atoms with van der Waals surface area (Å²) in [5, 5.41) is 5.91. The van der Waals surface area contributed by atoms with Crippen molar-refractivity contribution in [2.75, 3.05) is 19.6 Å². The zero-order chi connectivity index (χ0) is 31.8. The summed E-state index contributed by atoms with van der Waals surface area (Å²) < 4.78 is 46.1. The predicted molar refractivity (Wildman–Crippen MR) is 169 cm³/mol. The molecule has 1 saturated heterocycles. The van der Waals surface area contributed by atoms with Gasteiger partial charge in [0.2, 0.25) is 5.91 Å². The Hall–Kier alpha value is -4.17. The number of halogens is 3. The van der Waals surface area contributed by atoms with E-state index in [4.69, 9.17) is 4.74 Å². The average Bonchev–Trinajstić information content (AvgIpc) is 3.49. The largest absolute Gasteiger partial charge is 0.461 e. The van der Waals surface area contributed by atoms with E-state index in [1.54, 1.807) is 11.0 Å². The van der Waals surface area contributed by atoms with Crippen molar-refractivity contribution in [3.63, 3.8) is 0 Å². The molecule has 1 amide bonds. The molecule has 45 heavy (non-hydrogen) atoms. The summed E-state index contributed by atoms with van der Waals surface area (Å²) in [7, 11) is 0. The van der Waals surface area contributed by atoms with Crippen molar-refractivity contribution < 1.29 is 27.5 Å². The zero-order valence-corrected chi connectivity index (χ0v) is 25.4. The number of esters is 1. The Morgan fingerprint density at radius 1 is 0.889 bits per heavy atom. The fourth-order valence-corrected chi connectivity index (χ4v) is 6.19. The van der Waals surface area contributed by atoms with E-state index in [2.05, 4.69) is 36.5 Å². The molecule has 0 aromatic heterocycles. The van der Waals surface area contributed by atoms with Crippen molar-refractivity contribution in [1.29, 1.82) is 0 Å². The quantitative estimate of drug-likeness (QED) is 0.129. The van der Waals surface area contributed by atoms with Crippen LogP contribution in [0.1, 0.15) is 66.8 Å². The van der Waals surface area contributed by atoms with Gasteiger partial charge >= 0.3 is 12.1 Å². The monoisotopic (exact) mass is 616 g/mol. The molecule has 5 rings (SSSR count). The van der Waals surface area contributed by atoms with E-state index in [9.17, 15) is 22.8 Å². The Labute approximate surface area is 262 Å². The number of amides is 1. The second kappa shape index (κ2) is 14.7. The van der Waals surface area contributed by atoms with Crippen molar-refractivity contribution in [3.8, 4) is 0 Å². The number of unbranched alkanes of at least 4 members (excludes halogenated alkanes) is 1. The Kier molecular flexibility index (Phi) is 10.6. The highest BCUT2D eigenvalue weighted by Gasteiger charge is 2.38. The predicted octanol–water partition coefficient (Wildman–Crippen LogP) is 8.06. The van der Waals surface area contributed by atoms with Crippen molar-refractivity contribution in [1.82, 2.24) is 10.2 Å². The summed E-state index contributed by atoms with van der Waals surface area (Å²) in [6, 6.07) is 29.3. The first-order valence-corrected chi connectivity index (χ1v) is 15.5. The SMILES string of the molecule is C[C@@H](NC[C@@H]1CN(C(=O)CCCCC(=O)OCc2ccccc2)C[C@@H]1c1cccc(C(F)(F)F)c1)c1cccc2ccccc12. The molecule has 1 aliphatic rings. The van der Waals surface area contributed by atoms with Crippen molar-refractivity contribution in [3.05, 3.63) is 119 Å². The van der Waals surface area contributed by atoms with Crippen LogP contribution in [-0.2, 0) is 27.1 Å². The first-order valence-electron chi connectivity index (χ1n) is 15.5. The molecule has 4 aromatic rings. The van der Waals surface area contributed by atoms with E-state index in [1.165, 1.54) is 12.1 Å². The van der Waals surface area contributed by atoms with E-state index in [0.717, 1.165) is 28.0 Å². The van der Waals surface area contributed by atoms with Crippen LogP contribution in [0.25, 0.3) is 10.8 Å². The molecule has 0 spiro atoms. The Bertz CT molecular complexity index is 1590. The molecule has 0 aliphatic carbocycles. The van der Waals surface area contributed by atoms with Gasteiger partial charge in [-0.2, -0.15) is 13.2 Å². The molecule has 3 atom stereocenters. The van der Waals surface area contributed by atoms with Gasteiger partial charge in [0.1, 0.15) is 6.61 Å². The fourth-order valence-electron chi connectivity index (χ4n) is 6.19. The highest BCUT2D eigenvalue weighted by molar-refractivity contribution is 5.86. The van der Waals surface area contributed by atoms with E-state index >= 15 is 0 Å². The molecule has 8 heteroatoms. The lowest BCUT2D eigenvalue weighted by Crippen LogP contribution is -2.31. The lowest BCUT2D eigenvalue weighted by atomic mass is 9.87. The number of rotatable bonds is 12. The number of benzene rings is 4. The van der Waals surface area contributed by atoms with Gasteiger partial charge < -0.3 is 15.0 Å². The maximum atomic E-state index is 13.6. The second-order valence-corrected chi connectivity index (χ2v) is 11.8. The number of alkyl halides is 3. The van der Waals surface area contributed by atoms with Crippen LogP contribution in [0, 0.1) is 5.92 Å². The average molecular weight is 617 g/mol. The smallest absolute Gasteiger partial charge is 0.416 e. The topological polar surface area (TPSA) is 58.6 Å². The fraction of sp³-hybridized carbons (Fsp3) is 0.351. The van der Waals surface area contributed by atoms with Crippen LogP contribution >= 0.6 is 0 Å². The van der Waals surface area contributed by atoms with Crippen LogP contribution in [0.4, 0.5) is 13.2 Å². The van der Waals surface area contributed by atoms with Gasteiger partial charge in [0.25, 0.3) is 0 Å². The van der Waals surface area contributed by atoms with Gasteiger partial charge in [-0.15, -0.1) is 0 Å². The number of carbonyl (C=O) groups is 2. The Morgan fingerprint density at radius 3 is 2.40 bits per heavy atom. The molecule has 0 unspecified atom stereocenters. The molecule has 0 saturated carbocycles. The third kappa shape index (κ3) is 8.51. The Balaban J connectivity index is 1.20. The summed E-state index contributed by atoms with van der Waals surface area (Å²) in [5.74, 6) is -0.656. The first-order chi connectivity index (χ1) is 21.7. The number of nitrogens with zero attached hydrogens (tertiary/aromatic N) is 1. The van der Waals surface area contributed by atoms with E-state index in [1.807, 2.05) is 48.5 Å². The van der Waals surface area contributed by atoms with Crippen molar-refractivity contribution in [2.45, 2.75) is 57.3 Å². The minimum Gasteiger partial charge on any atom is -0.461 e. The normalized spacial score (nSPS) is 17.4. The van der Waals surface area contributed by atoms with E-state index in [-0.39, 0.29) is 49.2 Å². The number of nitrogens with one attached hydrogen (secondary N) is 1. The minimum absolute atomic E-state index is 0.00431.